The molecule has 1 heterocycles. The average molecular weight is 381 g/mol. The van der Waals surface area contributed by atoms with Crippen LogP contribution in [0.4, 0.5) is 8.78 Å². The summed E-state index contributed by atoms with van der Waals surface area (Å²) < 4.78 is 27.8. The van der Waals surface area contributed by atoms with Crippen molar-refractivity contribution in [2.45, 2.75) is 30.3 Å². The summed E-state index contributed by atoms with van der Waals surface area (Å²) in [4.78, 5) is 12.4. The predicted octanol–water partition coefficient (Wildman–Crippen LogP) is 4.47. The van der Waals surface area contributed by atoms with Crippen LogP contribution in [0.1, 0.15) is 18.9 Å². The number of rotatable bonds is 4. The molecule has 110 valence electrons. The summed E-state index contributed by atoms with van der Waals surface area (Å²) in [5.74, 6) is 0.554. The van der Waals surface area contributed by atoms with Crippen molar-refractivity contribution in [2.24, 2.45) is 0 Å². The van der Waals surface area contributed by atoms with E-state index in [1.165, 1.54) is 12.1 Å². The van der Waals surface area contributed by atoms with Gasteiger partial charge < -0.3 is 0 Å². The van der Waals surface area contributed by atoms with Gasteiger partial charge in [0.25, 0.3) is 0 Å². The topological polar surface area (TPSA) is 17.1 Å². The minimum atomic E-state index is -0.667. The number of benzene rings is 1. The lowest BCUT2D eigenvalue weighted by Gasteiger charge is -2.28. The molecule has 0 aromatic heterocycles. The standard InChI is InChI=1S/C14H15BrF2OS2/c1-2-12-14(20-6-5-19-12)11(18)7-8-10(16)4-3-9(15)13(8)17/h3-4,12,14H,2,5-7H2,1H3. The molecule has 0 bridgehead atoms. The molecular weight excluding hydrogens is 366 g/mol. The number of ketones is 1. The van der Waals surface area contributed by atoms with Crippen molar-refractivity contribution >= 4 is 45.2 Å². The van der Waals surface area contributed by atoms with Gasteiger partial charge in [0, 0.05) is 28.7 Å². The van der Waals surface area contributed by atoms with E-state index in [1.54, 1.807) is 23.5 Å². The number of halogens is 3. The van der Waals surface area contributed by atoms with Crippen molar-refractivity contribution in [1.82, 2.24) is 0 Å². The smallest absolute Gasteiger partial charge is 0.151 e. The van der Waals surface area contributed by atoms with Crippen LogP contribution < -0.4 is 0 Å². The highest BCUT2D eigenvalue weighted by Crippen LogP contribution is 2.35. The molecule has 0 radical (unpaired) electrons. The van der Waals surface area contributed by atoms with Crippen molar-refractivity contribution < 1.29 is 13.6 Å². The maximum absolute atomic E-state index is 13.9. The lowest BCUT2D eigenvalue weighted by Crippen LogP contribution is -2.34. The molecule has 0 aliphatic carbocycles. The van der Waals surface area contributed by atoms with Gasteiger partial charge in [-0.1, -0.05) is 6.92 Å². The molecule has 1 saturated heterocycles. The number of carbonyl (C=O) groups is 1. The molecule has 0 saturated carbocycles. The van der Waals surface area contributed by atoms with E-state index in [4.69, 9.17) is 0 Å². The lowest BCUT2D eigenvalue weighted by atomic mass is 10.0. The minimum Gasteiger partial charge on any atom is -0.298 e. The van der Waals surface area contributed by atoms with Crippen molar-refractivity contribution in [3.05, 3.63) is 33.8 Å². The Hall–Kier alpha value is -0.0700. The third-order valence-corrected chi connectivity index (χ3v) is 7.17. The number of Topliss-reactive ketones (excluding diaryl/α,β-unsaturated/α-hetero) is 1. The second-order valence-corrected chi connectivity index (χ2v) is 8.02. The second kappa shape index (κ2) is 7.27. The number of thioether (sulfide) groups is 2. The zero-order valence-electron chi connectivity index (χ0n) is 11.0. The first-order valence-corrected chi connectivity index (χ1v) is 9.32. The molecule has 0 N–H and O–H groups in total. The van der Waals surface area contributed by atoms with Crippen LogP contribution in [0.3, 0.4) is 0 Å². The van der Waals surface area contributed by atoms with Gasteiger partial charge in [0.1, 0.15) is 11.6 Å². The predicted molar refractivity (Wildman–Crippen MR) is 85.6 cm³/mol. The van der Waals surface area contributed by atoms with Crippen molar-refractivity contribution in [1.29, 1.82) is 0 Å². The molecule has 1 aliphatic rings. The highest BCUT2D eigenvalue weighted by atomic mass is 79.9. The first-order chi connectivity index (χ1) is 9.54. The second-order valence-electron chi connectivity index (χ2n) is 4.57. The summed E-state index contributed by atoms with van der Waals surface area (Å²) in [7, 11) is 0. The molecule has 1 aliphatic heterocycles. The molecule has 0 amide bonds. The highest BCUT2D eigenvalue weighted by molar-refractivity contribution is 9.10. The van der Waals surface area contributed by atoms with E-state index in [1.807, 2.05) is 6.92 Å². The fourth-order valence-corrected chi connectivity index (χ4v) is 5.62. The molecule has 2 unspecified atom stereocenters. The van der Waals surface area contributed by atoms with Gasteiger partial charge in [-0.15, -0.1) is 11.8 Å². The highest BCUT2D eigenvalue weighted by Gasteiger charge is 2.31. The maximum atomic E-state index is 13.9. The van der Waals surface area contributed by atoms with Crippen LogP contribution in [-0.4, -0.2) is 27.8 Å². The molecule has 1 aromatic rings. The largest absolute Gasteiger partial charge is 0.298 e. The molecule has 1 aromatic carbocycles. The summed E-state index contributed by atoms with van der Waals surface area (Å²) in [6.07, 6.45) is 0.726. The molecule has 20 heavy (non-hydrogen) atoms. The molecular formula is C14H15BrF2OS2. The molecule has 0 spiro atoms. The van der Waals surface area contributed by atoms with Crippen LogP contribution in [0.5, 0.6) is 0 Å². The Morgan fingerprint density at radius 3 is 2.75 bits per heavy atom. The number of hydrogen-bond donors (Lipinski definition) is 0. The first-order valence-electron chi connectivity index (χ1n) is 6.42. The van der Waals surface area contributed by atoms with Crippen molar-refractivity contribution in [3.63, 3.8) is 0 Å². The van der Waals surface area contributed by atoms with Gasteiger partial charge in [-0.3, -0.25) is 4.79 Å². The monoisotopic (exact) mass is 380 g/mol. The molecule has 2 rings (SSSR count). The molecule has 6 heteroatoms. The Bertz CT molecular complexity index is 510. The van der Waals surface area contributed by atoms with Crippen molar-refractivity contribution in [3.8, 4) is 0 Å². The van der Waals surface area contributed by atoms with Gasteiger partial charge in [0.15, 0.2) is 5.78 Å². The molecule has 2 atom stereocenters. The van der Waals surface area contributed by atoms with Gasteiger partial charge in [0.05, 0.1) is 9.72 Å². The first kappa shape index (κ1) is 16.3. The van der Waals surface area contributed by atoms with E-state index in [2.05, 4.69) is 15.9 Å². The number of hydrogen-bond acceptors (Lipinski definition) is 3. The zero-order valence-corrected chi connectivity index (χ0v) is 14.2. The van der Waals surface area contributed by atoms with E-state index in [0.717, 1.165) is 17.9 Å². The van der Waals surface area contributed by atoms with E-state index < -0.39 is 11.6 Å². The normalized spacial score (nSPS) is 22.8. The third kappa shape index (κ3) is 3.57. The maximum Gasteiger partial charge on any atom is 0.151 e. The van der Waals surface area contributed by atoms with Crippen LogP contribution in [0.15, 0.2) is 16.6 Å². The summed E-state index contributed by atoms with van der Waals surface area (Å²) in [6.45, 7) is 2.05. The Morgan fingerprint density at radius 1 is 1.35 bits per heavy atom. The fourth-order valence-electron chi connectivity index (χ4n) is 2.21. The summed E-state index contributed by atoms with van der Waals surface area (Å²) in [6, 6.07) is 2.51. The number of carbonyl (C=O) groups excluding carboxylic acids is 1. The molecule has 1 fully saturated rings. The molecule has 1 nitrogen and oxygen atoms in total. The van der Waals surface area contributed by atoms with Gasteiger partial charge in [0.2, 0.25) is 0 Å². The van der Waals surface area contributed by atoms with Crippen LogP contribution >= 0.6 is 39.5 Å². The van der Waals surface area contributed by atoms with E-state index in [9.17, 15) is 13.6 Å². The fraction of sp³-hybridized carbons (Fsp3) is 0.500. The third-order valence-electron chi connectivity index (χ3n) is 3.26. The summed E-state index contributed by atoms with van der Waals surface area (Å²) in [5, 5.41) is 0.0936. The van der Waals surface area contributed by atoms with E-state index in [0.29, 0.717) is 0 Å². The summed E-state index contributed by atoms with van der Waals surface area (Å²) in [5.41, 5.74) is -0.129. The van der Waals surface area contributed by atoms with Crippen LogP contribution in [0.25, 0.3) is 0 Å². The van der Waals surface area contributed by atoms with Gasteiger partial charge in [-0.05, 0) is 34.5 Å². The lowest BCUT2D eigenvalue weighted by molar-refractivity contribution is -0.118. The zero-order chi connectivity index (χ0) is 14.7. The Labute approximate surface area is 134 Å². The Kier molecular flexibility index (Phi) is 5.93. The minimum absolute atomic E-state index is 0.0787. The SMILES string of the molecule is CCC1SCCSC1C(=O)Cc1c(F)ccc(Br)c1F. The van der Waals surface area contributed by atoms with Crippen LogP contribution in [0.2, 0.25) is 0 Å². The van der Waals surface area contributed by atoms with E-state index >= 15 is 0 Å². The Balaban J connectivity index is 2.17. The average Bonchev–Trinajstić information content (AvgIpc) is 2.47. The van der Waals surface area contributed by atoms with Gasteiger partial charge >= 0.3 is 0 Å². The Morgan fingerprint density at radius 2 is 2.05 bits per heavy atom. The van der Waals surface area contributed by atoms with Crippen molar-refractivity contribution in [2.75, 3.05) is 11.5 Å². The quantitative estimate of drug-likeness (QED) is 0.717. The summed E-state index contributed by atoms with van der Waals surface area (Å²) >= 11 is 6.42. The van der Waals surface area contributed by atoms with E-state index in [-0.39, 0.29) is 32.7 Å². The van der Waals surface area contributed by atoms with Crippen LogP contribution in [0, 0.1) is 11.6 Å². The van der Waals surface area contributed by atoms with Gasteiger partial charge in [-0.2, -0.15) is 11.8 Å². The van der Waals surface area contributed by atoms with Gasteiger partial charge in [-0.25, -0.2) is 8.78 Å². The van der Waals surface area contributed by atoms with Crippen LogP contribution in [-0.2, 0) is 11.2 Å².